The number of aromatic amines is 1. The van der Waals surface area contributed by atoms with Crippen molar-refractivity contribution in [3.63, 3.8) is 0 Å². The van der Waals surface area contributed by atoms with Gasteiger partial charge >= 0.3 is 17.9 Å². The maximum absolute atomic E-state index is 15.7. The normalized spacial score (nSPS) is 35.1. The number of phenolic OH excluding ortho intramolecular Hbond substituents is 1. The van der Waals surface area contributed by atoms with Gasteiger partial charge in [-0.15, -0.1) is 0 Å². The number of carbonyl (C=O) groups is 4. The largest absolute Gasteiger partial charge is 0.508 e. The van der Waals surface area contributed by atoms with Gasteiger partial charge in [0.15, 0.2) is 6.10 Å². The van der Waals surface area contributed by atoms with Crippen LogP contribution in [0.25, 0.3) is 10.9 Å². The Hall–Kier alpha value is -5.39. The number of aliphatic hydroxyl groups is 1. The first kappa shape index (κ1) is 45.1. The van der Waals surface area contributed by atoms with Crippen LogP contribution >= 0.6 is 11.8 Å². The molecule has 2 spiro atoms. The quantitative estimate of drug-likeness (QED) is 0.0575. The number of methoxy groups -OCH3 is 3. The van der Waals surface area contributed by atoms with E-state index < -0.39 is 63.2 Å². The van der Waals surface area contributed by atoms with Crippen LogP contribution in [-0.4, -0.2) is 132 Å². The number of ether oxygens (including phenoxy) is 5. The van der Waals surface area contributed by atoms with Gasteiger partial charge < -0.3 is 38.9 Å². The molecule has 10 atom stereocenters. The standard InChI is InChI=1S/C52H58N4O11S/c1-7-47(62)25-31-26-49(45(60)64-5,42-35(15-19-54(27-31)28-47)36-22-34(13-14-39(36)53-42)68-33-12-9-11-32(59)21-33)38-23-37-40(24-41(38)63-4)56(29-57)52-50(37)17-20-55-18-10-16-48(8-2,43(50)55)44(66-30(3)58)51(52,67-52)46(61)65-6/h9-14,16,21-24,29,31,43-44,53,59,62H,7-8,15,17-20,25-28H2,1-6H3/t31-,43+,44-,47+,48-,49+,50-,51+,52+/m1/s1. The Kier molecular flexibility index (Phi) is 10.3. The Morgan fingerprint density at radius 3 is 2.47 bits per heavy atom. The Labute approximate surface area is 399 Å². The molecule has 1 saturated carbocycles. The van der Waals surface area contributed by atoms with Gasteiger partial charge in [-0.25, -0.2) is 4.79 Å². The van der Waals surface area contributed by atoms with Crippen LogP contribution in [0.2, 0.25) is 0 Å². The van der Waals surface area contributed by atoms with Gasteiger partial charge in [-0.1, -0.05) is 43.8 Å². The molecule has 1 aliphatic carbocycles. The summed E-state index contributed by atoms with van der Waals surface area (Å²) in [7, 11) is 4.22. The van der Waals surface area contributed by atoms with Crippen LogP contribution in [0.4, 0.5) is 5.69 Å². The predicted octanol–water partition coefficient (Wildman–Crippen LogP) is 5.74. The van der Waals surface area contributed by atoms with E-state index in [1.54, 1.807) is 25.3 Å². The average Bonchev–Trinajstić information content (AvgIpc) is 3.55. The summed E-state index contributed by atoms with van der Waals surface area (Å²) in [5.74, 6) is -1.57. The van der Waals surface area contributed by atoms with Crippen LogP contribution in [0.5, 0.6) is 11.5 Å². The SMILES string of the molecule is CC[C@]1(O)C[C@H]2CN(CCc3c([nH]c4ccc(Sc5cccc(O)c5)cc34)[C@@](C(=O)OC)(c3cc4c(cc3OC)N(C=O)[C@@]35O[C@]3(C(=O)OC)[C@H](OC(C)=O)[C@]3(CC)C=CCN6CC[C@]45[C@@H]63)C2)C1. The molecule has 3 N–H and O–H groups in total. The van der Waals surface area contributed by atoms with Gasteiger partial charge in [-0.3, -0.25) is 29.1 Å². The summed E-state index contributed by atoms with van der Waals surface area (Å²) < 4.78 is 31.3. The zero-order valence-corrected chi connectivity index (χ0v) is 40.1. The molecule has 4 aromatic rings. The summed E-state index contributed by atoms with van der Waals surface area (Å²) in [5.41, 5.74) is -4.18. The van der Waals surface area contributed by atoms with Gasteiger partial charge in [-0.05, 0) is 105 Å². The van der Waals surface area contributed by atoms with E-state index >= 15 is 4.79 Å². The maximum atomic E-state index is 15.7. The summed E-state index contributed by atoms with van der Waals surface area (Å²) in [6, 6.07) is 16.7. The van der Waals surface area contributed by atoms with Crippen molar-refractivity contribution in [2.24, 2.45) is 11.3 Å². The molecule has 4 fully saturated rings. The number of epoxide rings is 1. The zero-order valence-electron chi connectivity index (χ0n) is 39.3. The molecule has 3 saturated heterocycles. The molecule has 7 heterocycles. The number of aromatic hydroxyl groups is 1. The number of carbonyl (C=O) groups excluding carboxylic acids is 4. The zero-order chi connectivity index (χ0) is 47.8. The van der Waals surface area contributed by atoms with E-state index in [2.05, 4.69) is 33.0 Å². The molecule has 7 aliphatic rings. The van der Waals surface area contributed by atoms with E-state index in [0.29, 0.717) is 99.5 Å². The Morgan fingerprint density at radius 2 is 1.76 bits per heavy atom. The number of nitrogens with one attached hydrogen (secondary N) is 1. The summed E-state index contributed by atoms with van der Waals surface area (Å²) in [6.45, 7) is 8.24. The van der Waals surface area contributed by atoms with Crippen LogP contribution < -0.4 is 9.64 Å². The van der Waals surface area contributed by atoms with Gasteiger partial charge in [0.2, 0.25) is 12.1 Å². The van der Waals surface area contributed by atoms with E-state index in [1.807, 2.05) is 44.2 Å². The van der Waals surface area contributed by atoms with Gasteiger partial charge in [0.1, 0.15) is 16.9 Å². The molecule has 68 heavy (non-hydrogen) atoms. The second-order valence-electron chi connectivity index (χ2n) is 20.0. The molecule has 1 aromatic heterocycles. The lowest BCUT2D eigenvalue weighted by Gasteiger charge is -2.58. The van der Waals surface area contributed by atoms with Crippen molar-refractivity contribution >= 4 is 52.7 Å². The van der Waals surface area contributed by atoms with Gasteiger partial charge in [0, 0.05) is 82.6 Å². The van der Waals surface area contributed by atoms with Gasteiger partial charge in [0.25, 0.3) is 5.60 Å². The van der Waals surface area contributed by atoms with Crippen molar-refractivity contribution in [1.29, 1.82) is 0 Å². The van der Waals surface area contributed by atoms with E-state index in [1.165, 1.54) is 37.8 Å². The number of aromatic nitrogens is 1. The number of benzene rings is 3. The Morgan fingerprint density at radius 1 is 0.971 bits per heavy atom. The summed E-state index contributed by atoms with van der Waals surface area (Å²) >= 11 is 1.52. The lowest BCUT2D eigenvalue weighted by atomic mass is 9.49. The Bertz CT molecular complexity index is 2830. The van der Waals surface area contributed by atoms with E-state index in [9.17, 15) is 24.6 Å². The monoisotopic (exact) mass is 946 g/mol. The third-order valence-electron chi connectivity index (χ3n) is 17.0. The fourth-order valence-corrected chi connectivity index (χ4v) is 15.5. The van der Waals surface area contributed by atoms with Crippen LogP contribution in [0.1, 0.15) is 75.3 Å². The molecule has 2 bridgehead atoms. The van der Waals surface area contributed by atoms with Gasteiger partial charge in [-0.2, -0.15) is 0 Å². The number of amides is 1. The van der Waals surface area contributed by atoms with Crippen LogP contribution in [0.15, 0.2) is 76.5 Å². The van der Waals surface area contributed by atoms with Crippen molar-refractivity contribution in [1.82, 2.24) is 14.8 Å². The molecular weight excluding hydrogens is 889 g/mol. The first-order chi connectivity index (χ1) is 32.7. The molecular formula is C52H58N4O11S. The van der Waals surface area contributed by atoms with E-state index in [4.69, 9.17) is 23.7 Å². The number of phenols is 1. The fourth-order valence-electron chi connectivity index (χ4n) is 14.5. The van der Waals surface area contributed by atoms with Crippen molar-refractivity contribution in [2.75, 3.05) is 59.0 Å². The third-order valence-corrected chi connectivity index (χ3v) is 18.0. The van der Waals surface area contributed by atoms with Crippen LogP contribution in [0.3, 0.4) is 0 Å². The van der Waals surface area contributed by atoms with Gasteiger partial charge in [0.05, 0.1) is 38.0 Å². The lowest BCUT2D eigenvalue weighted by molar-refractivity contribution is -0.178. The van der Waals surface area contributed by atoms with Crippen LogP contribution in [0, 0.1) is 11.3 Å². The van der Waals surface area contributed by atoms with Crippen molar-refractivity contribution < 1.29 is 53.1 Å². The maximum Gasteiger partial charge on any atom is 0.347 e. The average molecular weight is 947 g/mol. The number of esters is 3. The highest BCUT2D eigenvalue weighted by Crippen LogP contribution is 2.80. The summed E-state index contributed by atoms with van der Waals surface area (Å²) in [5, 5.41) is 23.4. The number of nitrogens with zero attached hydrogens (tertiary/aromatic N) is 3. The summed E-state index contributed by atoms with van der Waals surface area (Å²) in [6.07, 6.45) is 6.32. The summed E-state index contributed by atoms with van der Waals surface area (Å²) in [4.78, 5) is 69.2. The smallest absolute Gasteiger partial charge is 0.347 e. The number of hydrogen-bond acceptors (Lipinski definition) is 14. The van der Waals surface area contributed by atoms with E-state index in [0.717, 1.165) is 26.3 Å². The number of hydrogen-bond donors (Lipinski definition) is 3. The molecule has 16 heteroatoms. The number of anilines is 1. The predicted molar refractivity (Wildman–Crippen MR) is 251 cm³/mol. The minimum atomic E-state index is -1.92. The van der Waals surface area contributed by atoms with E-state index in [-0.39, 0.29) is 18.1 Å². The fraction of sp³-hybridized carbons (Fsp3) is 0.500. The minimum absolute atomic E-state index is 0.173. The Balaban J connectivity index is 1.20. The topological polar surface area (TPSA) is 184 Å². The number of fused-ring (bicyclic) bond motifs is 6. The number of H-pyrrole nitrogens is 1. The third kappa shape index (κ3) is 5.69. The second-order valence-corrected chi connectivity index (χ2v) is 21.2. The second kappa shape index (κ2) is 15.6. The molecule has 358 valence electrons. The highest BCUT2D eigenvalue weighted by Gasteiger charge is 2.99. The first-order valence-corrected chi connectivity index (χ1v) is 24.5. The molecule has 15 nitrogen and oxygen atoms in total. The van der Waals surface area contributed by atoms with Crippen molar-refractivity contribution in [3.8, 4) is 11.5 Å². The molecule has 1 amide bonds. The highest BCUT2D eigenvalue weighted by atomic mass is 32.2. The number of rotatable bonds is 10. The molecule has 0 radical (unpaired) electrons. The molecule has 1 unspecified atom stereocenters. The van der Waals surface area contributed by atoms with Crippen molar-refractivity contribution in [3.05, 3.63) is 89.1 Å². The lowest BCUT2D eigenvalue weighted by Crippen LogP contribution is -2.75. The van der Waals surface area contributed by atoms with Crippen molar-refractivity contribution in [2.45, 2.75) is 109 Å². The highest BCUT2D eigenvalue weighted by molar-refractivity contribution is 7.99. The molecule has 11 rings (SSSR count). The molecule has 6 aliphatic heterocycles. The first-order valence-electron chi connectivity index (χ1n) is 23.7. The molecule has 3 aromatic carbocycles. The van der Waals surface area contributed by atoms with Crippen LogP contribution in [-0.2, 0) is 55.4 Å². The minimum Gasteiger partial charge on any atom is -0.508 e. The number of piperidine rings is 1.